The zero-order chi connectivity index (χ0) is 14.9. The molecule has 0 atom stereocenters. The fourth-order valence-corrected chi connectivity index (χ4v) is 2.56. The highest BCUT2D eigenvalue weighted by Crippen LogP contribution is 2.31. The molecule has 1 N–H and O–H groups in total. The summed E-state index contributed by atoms with van der Waals surface area (Å²) in [7, 11) is 0. The van der Waals surface area contributed by atoms with Crippen LogP contribution in [0, 0.1) is 0 Å². The molecule has 0 bridgehead atoms. The molecule has 110 valence electrons. The number of hydrogen-bond acceptors (Lipinski definition) is 4. The molecule has 2 heterocycles. The van der Waals surface area contributed by atoms with Gasteiger partial charge in [0, 0.05) is 0 Å². The fourth-order valence-electron chi connectivity index (χ4n) is 2.56. The number of nitrogens with zero attached hydrogens (tertiary/aromatic N) is 1. The van der Waals surface area contributed by atoms with E-state index in [9.17, 15) is 9.59 Å². The van der Waals surface area contributed by atoms with Crippen LogP contribution < -0.4 is 10.1 Å². The molecule has 0 saturated carbocycles. The van der Waals surface area contributed by atoms with E-state index in [-0.39, 0.29) is 5.91 Å². The number of carbonyl (C=O) groups excluding carboxylic acids is 2. The van der Waals surface area contributed by atoms with Crippen molar-refractivity contribution in [1.29, 1.82) is 0 Å². The van der Waals surface area contributed by atoms with Gasteiger partial charge in [-0.3, -0.25) is 4.79 Å². The number of amides is 2. The van der Waals surface area contributed by atoms with Crippen LogP contribution in [0.5, 0.6) is 5.75 Å². The van der Waals surface area contributed by atoms with Gasteiger partial charge in [-0.15, -0.1) is 0 Å². The molecule has 0 aliphatic carbocycles. The predicted octanol–water partition coefficient (Wildman–Crippen LogP) is 1.19. The quantitative estimate of drug-likeness (QED) is 0.845. The normalized spacial score (nSPS) is 18.7. The van der Waals surface area contributed by atoms with E-state index in [1.54, 1.807) is 29.2 Å². The van der Waals surface area contributed by atoms with Crippen molar-refractivity contribution in [3.05, 3.63) is 42.5 Å². The summed E-state index contributed by atoms with van der Waals surface area (Å²) in [5.74, 6) is 0.410. The summed E-state index contributed by atoms with van der Waals surface area (Å²) in [6.45, 7) is 5.19. The van der Waals surface area contributed by atoms with Crippen LogP contribution in [0.4, 0.5) is 4.79 Å². The van der Waals surface area contributed by atoms with Crippen LogP contribution in [0.1, 0.15) is 10.4 Å². The molecule has 2 saturated heterocycles. The first-order valence-corrected chi connectivity index (χ1v) is 6.72. The van der Waals surface area contributed by atoms with Crippen molar-refractivity contribution in [3.8, 4) is 5.75 Å². The zero-order valence-corrected chi connectivity index (χ0v) is 11.5. The molecule has 2 aliphatic heterocycles. The first-order valence-electron chi connectivity index (χ1n) is 6.72. The van der Waals surface area contributed by atoms with E-state index in [0.717, 1.165) is 0 Å². The SMILES string of the molecule is C=CCOc1ccccc1C(=O)N1CC2(CNC(=O)O2)C1. The Bertz CT molecular complexity index is 593. The number of para-hydroxylation sites is 1. The molecule has 1 aromatic carbocycles. The molecule has 6 nitrogen and oxygen atoms in total. The van der Waals surface area contributed by atoms with Gasteiger partial charge in [-0.1, -0.05) is 24.8 Å². The number of benzene rings is 1. The van der Waals surface area contributed by atoms with Crippen molar-refractivity contribution >= 4 is 12.0 Å². The molecule has 0 aromatic heterocycles. The summed E-state index contributed by atoms with van der Waals surface area (Å²) in [4.78, 5) is 25.2. The molecule has 1 spiro atoms. The van der Waals surface area contributed by atoms with Gasteiger partial charge in [-0.2, -0.15) is 0 Å². The summed E-state index contributed by atoms with van der Waals surface area (Å²) >= 11 is 0. The summed E-state index contributed by atoms with van der Waals surface area (Å²) in [5, 5.41) is 2.62. The van der Waals surface area contributed by atoms with Gasteiger partial charge < -0.3 is 19.7 Å². The van der Waals surface area contributed by atoms with Gasteiger partial charge in [0.1, 0.15) is 12.4 Å². The van der Waals surface area contributed by atoms with Crippen molar-refractivity contribution < 1.29 is 19.1 Å². The van der Waals surface area contributed by atoms with E-state index < -0.39 is 11.7 Å². The minimum atomic E-state index is -0.552. The molecule has 6 heteroatoms. The van der Waals surface area contributed by atoms with Gasteiger partial charge in [-0.05, 0) is 12.1 Å². The lowest BCUT2D eigenvalue weighted by Crippen LogP contribution is -2.65. The van der Waals surface area contributed by atoms with E-state index in [1.807, 2.05) is 6.07 Å². The minimum absolute atomic E-state index is 0.122. The molecule has 2 fully saturated rings. The number of nitrogens with one attached hydrogen (secondary N) is 1. The average molecular weight is 288 g/mol. The summed E-state index contributed by atoms with van der Waals surface area (Å²) in [6, 6.07) is 7.09. The van der Waals surface area contributed by atoms with Gasteiger partial charge in [0.2, 0.25) is 0 Å². The van der Waals surface area contributed by atoms with Crippen LogP contribution in [0.3, 0.4) is 0 Å². The van der Waals surface area contributed by atoms with Crippen molar-refractivity contribution in [2.75, 3.05) is 26.2 Å². The fraction of sp³-hybridized carbons (Fsp3) is 0.333. The Morgan fingerprint density at radius 1 is 1.48 bits per heavy atom. The third-order valence-corrected chi connectivity index (χ3v) is 3.58. The maximum Gasteiger partial charge on any atom is 0.408 e. The number of alkyl carbamates (subject to hydrolysis) is 1. The average Bonchev–Trinajstić information content (AvgIpc) is 2.85. The molecule has 3 rings (SSSR count). The molecule has 2 amide bonds. The maximum absolute atomic E-state index is 12.5. The van der Waals surface area contributed by atoms with Gasteiger partial charge in [0.15, 0.2) is 5.60 Å². The predicted molar refractivity (Wildman–Crippen MR) is 75.3 cm³/mol. The Morgan fingerprint density at radius 2 is 2.24 bits per heavy atom. The van der Waals surface area contributed by atoms with Gasteiger partial charge in [-0.25, -0.2) is 4.79 Å². The lowest BCUT2D eigenvalue weighted by molar-refractivity contribution is -0.0576. The molecular formula is C15H16N2O4. The summed E-state index contributed by atoms with van der Waals surface area (Å²) in [5.41, 5.74) is -0.0459. The van der Waals surface area contributed by atoms with E-state index in [1.165, 1.54) is 0 Å². The smallest absolute Gasteiger partial charge is 0.408 e. The van der Waals surface area contributed by atoms with Crippen LogP contribution in [-0.4, -0.2) is 48.7 Å². The van der Waals surface area contributed by atoms with Crippen LogP contribution in [0.25, 0.3) is 0 Å². The van der Waals surface area contributed by atoms with Crippen molar-refractivity contribution in [3.63, 3.8) is 0 Å². The van der Waals surface area contributed by atoms with E-state index >= 15 is 0 Å². The zero-order valence-electron chi connectivity index (χ0n) is 11.5. The third-order valence-electron chi connectivity index (χ3n) is 3.58. The molecule has 0 radical (unpaired) electrons. The Hall–Kier alpha value is -2.50. The lowest BCUT2D eigenvalue weighted by Gasteiger charge is -2.45. The van der Waals surface area contributed by atoms with Gasteiger partial charge in [0.05, 0.1) is 25.2 Å². The lowest BCUT2D eigenvalue weighted by atomic mass is 9.93. The Morgan fingerprint density at radius 3 is 2.90 bits per heavy atom. The highest BCUT2D eigenvalue weighted by atomic mass is 16.6. The summed E-state index contributed by atoms with van der Waals surface area (Å²) in [6.07, 6.45) is 1.21. The van der Waals surface area contributed by atoms with Crippen LogP contribution in [-0.2, 0) is 4.74 Å². The summed E-state index contributed by atoms with van der Waals surface area (Å²) < 4.78 is 10.7. The maximum atomic E-state index is 12.5. The van der Waals surface area contributed by atoms with Crippen molar-refractivity contribution in [2.45, 2.75) is 5.60 Å². The van der Waals surface area contributed by atoms with Gasteiger partial charge >= 0.3 is 6.09 Å². The van der Waals surface area contributed by atoms with Crippen molar-refractivity contribution in [1.82, 2.24) is 10.2 Å². The van der Waals surface area contributed by atoms with Crippen LogP contribution in [0.2, 0.25) is 0 Å². The number of ether oxygens (including phenoxy) is 2. The monoisotopic (exact) mass is 288 g/mol. The van der Waals surface area contributed by atoms with E-state index in [4.69, 9.17) is 9.47 Å². The second kappa shape index (κ2) is 5.12. The Kier molecular flexibility index (Phi) is 3.29. The highest BCUT2D eigenvalue weighted by molar-refractivity contribution is 5.97. The second-order valence-corrected chi connectivity index (χ2v) is 5.18. The number of rotatable bonds is 4. The van der Waals surface area contributed by atoms with Crippen LogP contribution in [0.15, 0.2) is 36.9 Å². The minimum Gasteiger partial charge on any atom is -0.489 e. The van der Waals surface area contributed by atoms with E-state index in [2.05, 4.69) is 11.9 Å². The van der Waals surface area contributed by atoms with Crippen molar-refractivity contribution in [2.24, 2.45) is 0 Å². The molecular weight excluding hydrogens is 272 g/mol. The van der Waals surface area contributed by atoms with Crippen LogP contribution >= 0.6 is 0 Å². The molecule has 1 aromatic rings. The second-order valence-electron chi connectivity index (χ2n) is 5.18. The first-order chi connectivity index (χ1) is 10.1. The molecule has 21 heavy (non-hydrogen) atoms. The highest BCUT2D eigenvalue weighted by Gasteiger charge is 2.52. The standard InChI is InChI=1S/C15H16N2O4/c1-2-7-20-12-6-4-3-5-11(12)13(18)17-9-15(10-17)8-16-14(19)21-15/h2-6H,1,7-10H2,(H,16,19). The first kappa shape index (κ1) is 13.5. The molecule has 0 unspecified atom stereocenters. The Balaban J connectivity index is 1.69. The van der Waals surface area contributed by atoms with Gasteiger partial charge in [0.25, 0.3) is 5.91 Å². The number of hydrogen-bond donors (Lipinski definition) is 1. The Labute approximate surface area is 122 Å². The van der Waals surface area contributed by atoms with E-state index in [0.29, 0.717) is 37.6 Å². The largest absolute Gasteiger partial charge is 0.489 e. The third kappa shape index (κ3) is 2.44. The topological polar surface area (TPSA) is 67.9 Å². The number of likely N-dealkylation sites (tertiary alicyclic amines) is 1. The number of carbonyl (C=O) groups is 2. The molecule has 2 aliphatic rings.